The van der Waals surface area contributed by atoms with Gasteiger partial charge in [-0.25, -0.2) is 0 Å². The molecule has 2 atom stereocenters. The van der Waals surface area contributed by atoms with Crippen molar-refractivity contribution in [3.63, 3.8) is 0 Å². The van der Waals surface area contributed by atoms with Gasteiger partial charge in [0.2, 0.25) is 0 Å². The predicted molar refractivity (Wildman–Crippen MR) is 45.3 cm³/mol. The van der Waals surface area contributed by atoms with Crippen molar-refractivity contribution in [3.8, 4) is 0 Å². The van der Waals surface area contributed by atoms with E-state index in [4.69, 9.17) is 0 Å². The fourth-order valence-corrected chi connectivity index (χ4v) is 2.24. The highest BCUT2D eigenvalue weighted by Gasteiger charge is 2.48. The highest BCUT2D eigenvalue weighted by molar-refractivity contribution is 9.11. The Kier molecular flexibility index (Phi) is 2.58. The number of hydrogen-bond donors (Lipinski definition) is 0. The SMILES string of the molecule is C[C@@H]1C(Br)=C(C(=O)C(F)(F)F)[C@@H]1C. The van der Waals surface area contributed by atoms with Crippen LogP contribution in [0.15, 0.2) is 10.1 Å². The number of ketones is 1. The van der Waals surface area contributed by atoms with E-state index in [-0.39, 0.29) is 17.4 Å². The number of alkyl halides is 3. The van der Waals surface area contributed by atoms with E-state index in [1.165, 1.54) is 0 Å². The average Bonchev–Trinajstić information content (AvgIpc) is 2.02. The van der Waals surface area contributed by atoms with Gasteiger partial charge in [-0.05, 0) is 11.8 Å². The van der Waals surface area contributed by atoms with Crippen molar-refractivity contribution in [1.82, 2.24) is 0 Å². The summed E-state index contributed by atoms with van der Waals surface area (Å²) in [6.07, 6.45) is -4.75. The minimum Gasteiger partial charge on any atom is -0.284 e. The van der Waals surface area contributed by atoms with E-state index in [1.54, 1.807) is 13.8 Å². The molecule has 0 aromatic heterocycles. The van der Waals surface area contributed by atoms with Crippen LogP contribution in [-0.2, 0) is 4.79 Å². The van der Waals surface area contributed by atoms with Gasteiger partial charge in [0, 0.05) is 10.1 Å². The lowest BCUT2D eigenvalue weighted by Crippen LogP contribution is -2.36. The molecule has 0 aliphatic heterocycles. The van der Waals surface area contributed by atoms with Crippen molar-refractivity contribution >= 4 is 21.7 Å². The number of hydrogen-bond acceptors (Lipinski definition) is 1. The number of halogens is 4. The molecule has 0 N–H and O–H groups in total. The first-order valence-corrected chi connectivity index (χ1v) is 4.57. The van der Waals surface area contributed by atoms with Crippen LogP contribution in [0, 0.1) is 11.8 Å². The van der Waals surface area contributed by atoms with Gasteiger partial charge in [0.25, 0.3) is 5.78 Å². The first kappa shape index (κ1) is 10.8. The lowest BCUT2D eigenvalue weighted by atomic mass is 9.75. The van der Waals surface area contributed by atoms with E-state index in [0.29, 0.717) is 4.48 Å². The molecule has 74 valence electrons. The molecule has 1 aliphatic carbocycles. The van der Waals surface area contributed by atoms with Gasteiger partial charge in [-0.3, -0.25) is 4.79 Å². The van der Waals surface area contributed by atoms with Crippen molar-refractivity contribution in [2.45, 2.75) is 20.0 Å². The van der Waals surface area contributed by atoms with Gasteiger partial charge in [-0.1, -0.05) is 29.8 Å². The third-order valence-corrected chi connectivity index (χ3v) is 3.51. The molecule has 0 fully saturated rings. The molecule has 0 aromatic rings. The highest BCUT2D eigenvalue weighted by atomic mass is 79.9. The van der Waals surface area contributed by atoms with E-state index in [1.807, 2.05) is 0 Å². The normalized spacial score (nSPS) is 28.8. The molecule has 0 bridgehead atoms. The quantitative estimate of drug-likeness (QED) is 0.705. The predicted octanol–water partition coefficient (Wildman–Crippen LogP) is 3.05. The summed E-state index contributed by atoms with van der Waals surface area (Å²) in [5.74, 6) is -2.00. The van der Waals surface area contributed by atoms with Gasteiger partial charge in [0.15, 0.2) is 0 Å². The van der Waals surface area contributed by atoms with Gasteiger partial charge in [0.05, 0.1) is 0 Å². The minimum absolute atomic E-state index is 0.0151. The van der Waals surface area contributed by atoms with Crippen molar-refractivity contribution in [2.24, 2.45) is 11.8 Å². The molecule has 1 aliphatic rings. The Morgan fingerprint density at radius 3 is 2.08 bits per heavy atom. The van der Waals surface area contributed by atoms with Gasteiger partial charge >= 0.3 is 6.18 Å². The molecule has 0 saturated carbocycles. The van der Waals surface area contributed by atoms with E-state index < -0.39 is 12.0 Å². The van der Waals surface area contributed by atoms with Crippen LogP contribution in [-0.4, -0.2) is 12.0 Å². The molecule has 0 heterocycles. The van der Waals surface area contributed by atoms with Crippen LogP contribution in [0.25, 0.3) is 0 Å². The Balaban J connectivity index is 2.94. The third kappa shape index (κ3) is 1.66. The fourth-order valence-electron chi connectivity index (χ4n) is 1.30. The summed E-state index contributed by atoms with van der Waals surface area (Å²) >= 11 is 2.98. The topological polar surface area (TPSA) is 17.1 Å². The Morgan fingerprint density at radius 1 is 1.31 bits per heavy atom. The maximum atomic E-state index is 12.0. The van der Waals surface area contributed by atoms with Crippen molar-refractivity contribution in [2.75, 3.05) is 0 Å². The zero-order valence-corrected chi connectivity index (χ0v) is 8.66. The second-order valence-electron chi connectivity index (χ2n) is 3.17. The van der Waals surface area contributed by atoms with Crippen LogP contribution >= 0.6 is 15.9 Å². The van der Waals surface area contributed by atoms with Crippen LogP contribution in [0.5, 0.6) is 0 Å². The first-order valence-electron chi connectivity index (χ1n) is 3.78. The molecule has 0 unspecified atom stereocenters. The average molecular weight is 257 g/mol. The van der Waals surface area contributed by atoms with Crippen LogP contribution < -0.4 is 0 Å². The molecule has 1 rings (SSSR count). The Hall–Kier alpha value is -0.320. The second kappa shape index (κ2) is 3.12. The second-order valence-corrected chi connectivity index (χ2v) is 4.02. The maximum Gasteiger partial charge on any atom is 0.454 e. The minimum atomic E-state index is -4.75. The summed E-state index contributed by atoms with van der Waals surface area (Å²) < 4.78 is 36.4. The van der Waals surface area contributed by atoms with Crippen molar-refractivity contribution in [1.29, 1.82) is 0 Å². The molecule has 0 aromatic carbocycles. The zero-order chi connectivity index (χ0) is 10.4. The van der Waals surface area contributed by atoms with E-state index in [0.717, 1.165) is 0 Å². The molecular formula is C8H8BrF3O. The Bertz CT molecular complexity index is 280. The Labute approximate surface area is 82.1 Å². The van der Waals surface area contributed by atoms with Crippen LogP contribution in [0.4, 0.5) is 13.2 Å². The number of allylic oxidation sites excluding steroid dienone is 2. The molecular weight excluding hydrogens is 249 g/mol. The smallest absolute Gasteiger partial charge is 0.284 e. The highest BCUT2D eigenvalue weighted by Crippen LogP contribution is 2.46. The summed E-state index contributed by atoms with van der Waals surface area (Å²) in [6.45, 7) is 3.40. The van der Waals surface area contributed by atoms with Crippen molar-refractivity contribution in [3.05, 3.63) is 10.1 Å². The first-order chi connectivity index (χ1) is 5.76. The van der Waals surface area contributed by atoms with Gasteiger partial charge in [-0.2, -0.15) is 13.2 Å². The molecule has 1 nitrogen and oxygen atoms in total. The number of carbonyl (C=O) groups excluding carboxylic acids is 1. The van der Waals surface area contributed by atoms with Gasteiger partial charge in [-0.15, -0.1) is 0 Å². The number of Topliss-reactive ketones (excluding diaryl/α,β-unsaturated/α-hetero) is 1. The summed E-state index contributed by atoms with van der Waals surface area (Å²) in [7, 11) is 0. The molecule has 5 heteroatoms. The third-order valence-electron chi connectivity index (χ3n) is 2.36. The maximum absolute atomic E-state index is 12.0. The largest absolute Gasteiger partial charge is 0.454 e. The van der Waals surface area contributed by atoms with E-state index in [2.05, 4.69) is 15.9 Å². The number of rotatable bonds is 1. The molecule has 0 amide bonds. The number of carbonyl (C=O) groups is 1. The lowest BCUT2D eigenvalue weighted by molar-refractivity contribution is -0.167. The summed E-state index contributed by atoms with van der Waals surface area (Å²) in [5.41, 5.74) is -0.125. The van der Waals surface area contributed by atoms with Gasteiger partial charge in [0.1, 0.15) is 0 Å². The lowest BCUT2D eigenvalue weighted by Gasteiger charge is -2.34. The summed E-state index contributed by atoms with van der Waals surface area (Å²) in [6, 6.07) is 0. The zero-order valence-electron chi connectivity index (χ0n) is 7.07. The molecule has 0 spiro atoms. The fraction of sp³-hybridized carbons (Fsp3) is 0.625. The molecule has 0 radical (unpaired) electrons. The summed E-state index contributed by atoms with van der Waals surface area (Å²) in [5, 5.41) is 0. The monoisotopic (exact) mass is 256 g/mol. The van der Waals surface area contributed by atoms with Crippen LogP contribution in [0.2, 0.25) is 0 Å². The van der Waals surface area contributed by atoms with Crippen LogP contribution in [0.3, 0.4) is 0 Å². The molecule has 0 saturated heterocycles. The van der Waals surface area contributed by atoms with Gasteiger partial charge < -0.3 is 0 Å². The Morgan fingerprint density at radius 2 is 1.77 bits per heavy atom. The van der Waals surface area contributed by atoms with E-state index in [9.17, 15) is 18.0 Å². The standard InChI is InChI=1S/C8H8BrF3O/c1-3-4(2)6(9)5(3)7(13)8(10,11)12/h3-4H,1-2H3/t3-,4+/m1/s1. The molecule has 13 heavy (non-hydrogen) atoms. The van der Waals surface area contributed by atoms with Crippen LogP contribution in [0.1, 0.15) is 13.8 Å². The van der Waals surface area contributed by atoms with Crippen molar-refractivity contribution < 1.29 is 18.0 Å². The summed E-state index contributed by atoms with van der Waals surface area (Å²) in [4.78, 5) is 10.8. The van der Waals surface area contributed by atoms with E-state index >= 15 is 0 Å².